The summed E-state index contributed by atoms with van der Waals surface area (Å²) in [5.41, 5.74) is 0. The Hall–Kier alpha value is -0.160. The summed E-state index contributed by atoms with van der Waals surface area (Å²) in [6, 6.07) is 0. The summed E-state index contributed by atoms with van der Waals surface area (Å²) < 4.78 is 0. The molecule has 2 aliphatic rings. The van der Waals surface area contributed by atoms with Crippen molar-refractivity contribution >= 4 is 0 Å². The van der Waals surface area contributed by atoms with E-state index >= 15 is 0 Å². The number of likely N-dealkylation sites (N-methyl/N-ethyl adjacent to an activating group) is 1. The van der Waals surface area contributed by atoms with Crippen LogP contribution in [0.2, 0.25) is 0 Å². The molecule has 0 aromatic heterocycles. The highest BCUT2D eigenvalue weighted by atomic mass is 16.3. The van der Waals surface area contributed by atoms with Gasteiger partial charge in [-0.25, -0.2) is 0 Å². The van der Waals surface area contributed by atoms with E-state index in [0.29, 0.717) is 5.92 Å². The molecule has 0 aromatic rings. The van der Waals surface area contributed by atoms with Gasteiger partial charge in [0.2, 0.25) is 0 Å². The highest BCUT2D eigenvalue weighted by Gasteiger charge is 2.23. The van der Waals surface area contributed by atoms with Crippen LogP contribution in [0.4, 0.5) is 0 Å². The number of rotatable bonds is 4. The predicted molar refractivity (Wildman–Crippen MR) is 74.8 cm³/mol. The Bertz CT molecular complexity index is 241. The normalized spacial score (nSPS) is 32.8. The van der Waals surface area contributed by atoms with Crippen molar-refractivity contribution in [1.82, 2.24) is 14.7 Å². The van der Waals surface area contributed by atoms with Gasteiger partial charge in [0.25, 0.3) is 0 Å². The lowest BCUT2D eigenvalue weighted by Crippen LogP contribution is -2.46. The third-order valence-corrected chi connectivity index (χ3v) is 4.55. The van der Waals surface area contributed by atoms with E-state index in [0.717, 1.165) is 19.5 Å². The summed E-state index contributed by atoms with van der Waals surface area (Å²) in [6.45, 7) is 11.4. The smallest absolute Gasteiger partial charge is 0.0693 e. The number of β-amino-alcohol motifs (C(OH)–C–C–N with tert-alkyl or cyclic N) is 1. The number of likely N-dealkylation sites (tertiary alicyclic amines) is 1. The fourth-order valence-corrected chi connectivity index (χ4v) is 2.91. The minimum Gasteiger partial charge on any atom is -0.392 e. The molecule has 2 unspecified atom stereocenters. The fraction of sp³-hybridized carbons (Fsp3) is 1.00. The van der Waals surface area contributed by atoms with Crippen molar-refractivity contribution in [3.8, 4) is 0 Å². The Morgan fingerprint density at radius 2 is 1.67 bits per heavy atom. The van der Waals surface area contributed by atoms with Crippen molar-refractivity contribution in [2.75, 3.05) is 59.4 Å². The molecule has 0 amide bonds. The topological polar surface area (TPSA) is 30.0 Å². The van der Waals surface area contributed by atoms with Crippen LogP contribution in [-0.4, -0.2) is 85.3 Å². The van der Waals surface area contributed by atoms with Crippen LogP contribution in [-0.2, 0) is 0 Å². The molecule has 0 spiro atoms. The first-order valence-corrected chi connectivity index (χ1v) is 7.46. The summed E-state index contributed by atoms with van der Waals surface area (Å²) in [7, 11) is 2.20. The van der Waals surface area contributed by atoms with Gasteiger partial charge in [-0.1, -0.05) is 6.92 Å². The zero-order valence-electron chi connectivity index (χ0n) is 12.0. The summed E-state index contributed by atoms with van der Waals surface area (Å²) >= 11 is 0. The third-order valence-electron chi connectivity index (χ3n) is 4.55. The lowest BCUT2D eigenvalue weighted by atomic mass is 9.96. The molecule has 18 heavy (non-hydrogen) atoms. The van der Waals surface area contributed by atoms with Gasteiger partial charge in [0.15, 0.2) is 0 Å². The summed E-state index contributed by atoms with van der Waals surface area (Å²) in [4.78, 5) is 7.41. The van der Waals surface area contributed by atoms with Gasteiger partial charge in [-0.05, 0) is 45.4 Å². The molecule has 0 saturated carbocycles. The van der Waals surface area contributed by atoms with Crippen LogP contribution in [0, 0.1) is 5.92 Å². The van der Waals surface area contributed by atoms with Crippen LogP contribution < -0.4 is 0 Å². The van der Waals surface area contributed by atoms with Crippen LogP contribution in [0.25, 0.3) is 0 Å². The maximum atomic E-state index is 9.87. The lowest BCUT2D eigenvalue weighted by molar-refractivity contribution is 0.0271. The fourth-order valence-electron chi connectivity index (χ4n) is 2.91. The van der Waals surface area contributed by atoms with E-state index in [-0.39, 0.29) is 6.10 Å². The number of hydrogen-bond donors (Lipinski definition) is 1. The lowest BCUT2D eigenvalue weighted by Gasteiger charge is -2.35. The molecule has 2 aliphatic heterocycles. The first-order valence-electron chi connectivity index (χ1n) is 7.46. The molecule has 0 bridgehead atoms. The largest absolute Gasteiger partial charge is 0.392 e. The first-order chi connectivity index (χ1) is 8.65. The Kier molecular flexibility index (Phi) is 5.42. The van der Waals surface area contributed by atoms with Crippen molar-refractivity contribution in [1.29, 1.82) is 0 Å². The minimum absolute atomic E-state index is 0.109. The molecule has 0 aliphatic carbocycles. The Balaban J connectivity index is 1.58. The van der Waals surface area contributed by atoms with E-state index in [1.54, 1.807) is 0 Å². The minimum atomic E-state index is -0.109. The number of piperazine rings is 1. The second-order valence-electron chi connectivity index (χ2n) is 6.13. The molecule has 2 fully saturated rings. The standard InChI is InChI=1S/C14H29N3O/c1-13-4-7-17(12-14(13)18)6-3-5-16-10-8-15(2)9-11-16/h13-14,18H,3-12H2,1-2H3. The van der Waals surface area contributed by atoms with Crippen LogP contribution in [0.5, 0.6) is 0 Å². The van der Waals surface area contributed by atoms with Crippen molar-refractivity contribution in [3.05, 3.63) is 0 Å². The number of nitrogens with zero attached hydrogens (tertiary/aromatic N) is 3. The molecule has 1 N–H and O–H groups in total. The number of aliphatic hydroxyl groups is 1. The quantitative estimate of drug-likeness (QED) is 0.784. The van der Waals surface area contributed by atoms with Gasteiger partial charge in [-0.3, -0.25) is 0 Å². The van der Waals surface area contributed by atoms with Gasteiger partial charge < -0.3 is 19.8 Å². The number of aliphatic hydroxyl groups excluding tert-OH is 1. The van der Waals surface area contributed by atoms with Crippen LogP contribution in [0.3, 0.4) is 0 Å². The molecular weight excluding hydrogens is 226 g/mol. The van der Waals surface area contributed by atoms with E-state index in [1.165, 1.54) is 45.7 Å². The van der Waals surface area contributed by atoms with E-state index in [4.69, 9.17) is 0 Å². The third kappa shape index (κ3) is 4.19. The van der Waals surface area contributed by atoms with E-state index in [2.05, 4.69) is 28.7 Å². The first kappa shape index (κ1) is 14.3. The maximum Gasteiger partial charge on any atom is 0.0693 e. The van der Waals surface area contributed by atoms with E-state index in [1.807, 2.05) is 0 Å². The van der Waals surface area contributed by atoms with Gasteiger partial charge in [-0.15, -0.1) is 0 Å². The van der Waals surface area contributed by atoms with E-state index < -0.39 is 0 Å². The van der Waals surface area contributed by atoms with Crippen molar-refractivity contribution in [3.63, 3.8) is 0 Å². The zero-order chi connectivity index (χ0) is 13.0. The number of hydrogen-bond acceptors (Lipinski definition) is 4. The molecule has 2 atom stereocenters. The Labute approximate surface area is 112 Å². The van der Waals surface area contributed by atoms with Crippen LogP contribution in [0.15, 0.2) is 0 Å². The molecule has 4 heteroatoms. The van der Waals surface area contributed by atoms with E-state index in [9.17, 15) is 5.11 Å². The average molecular weight is 255 g/mol. The molecule has 4 nitrogen and oxygen atoms in total. The van der Waals surface area contributed by atoms with Gasteiger partial charge in [0.1, 0.15) is 0 Å². The monoisotopic (exact) mass is 255 g/mol. The zero-order valence-corrected chi connectivity index (χ0v) is 12.0. The summed E-state index contributed by atoms with van der Waals surface area (Å²) in [5, 5.41) is 9.87. The van der Waals surface area contributed by atoms with Crippen molar-refractivity contribution in [2.45, 2.75) is 25.9 Å². The van der Waals surface area contributed by atoms with Gasteiger partial charge in [0.05, 0.1) is 6.10 Å². The summed E-state index contributed by atoms with van der Waals surface area (Å²) in [5.74, 6) is 0.485. The van der Waals surface area contributed by atoms with Crippen molar-refractivity contribution in [2.24, 2.45) is 5.92 Å². The molecule has 2 heterocycles. The van der Waals surface area contributed by atoms with Crippen molar-refractivity contribution < 1.29 is 5.11 Å². The molecule has 2 rings (SSSR count). The second kappa shape index (κ2) is 6.85. The number of piperidine rings is 1. The maximum absolute atomic E-state index is 9.87. The SMILES string of the molecule is CC1CCN(CCCN2CCN(C)CC2)CC1O. The predicted octanol–water partition coefficient (Wildman–Crippen LogP) is 0.327. The van der Waals surface area contributed by atoms with Gasteiger partial charge in [-0.2, -0.15) is 0 Å². The molecule has 0 aromatic carbocycles. The molecular formula is C14H29N3O. The average Bonchev–Trinajstić information content (AvgIpc) is 2.36. The van der Waals surface area contributed by atoms with Gasteiger partial charge in [0, 0.05) is 32.7 Å². The van der Waals surface area contributed by atoms with Gasteiger partial charge >= 0.3 is 0 Å². The Morgan fingerprint density at radius 3 is 2.33 bits per heavy atom. The molecule has 0 radical (unpaired) electrons. The second-order valence-corrected chi connectivity index (χ2v) is 6.13. The Morgan fingerprint density at radius 1 is 1.00 bits per heavy atom. The molecule has 106 valence electrons. The summed E-state index contributed by atoms with van der Waals surface area (Å²) in [6.07, 6.45) is 2.28. The van der Waals surface area contributed by atoms with Crippen LogP contribution in [0.1, 0.15) is 19.8 Å². The highest BCUT2D eigenvalue weighted by Crippen LogP contribution is 2.16. The highest BCUT2D eigenvalue weighted by molar-refractivity contribution is 4.77. The van der Waals surface area contributed by atoms with Crippen LogP contribution >= 0.6 is 0 Å². The molecule has 2 saturated heterocycles.